The first-order valence-corrected chi connectivity index (χ1v) is 5.40. The van der Waals surface area contributed by atoms with E-state index < -0.39 is 5.97 Å². The Labute approximate surface area is 90.7 Å². The number of hydrogen-bond acceptors (Lipinski definition) is 1. The van der Waals surface area contributed by atoms with Gasteiger partial charge in [-0.2, -0.15) is 0 Å². The van der Waals surface area contributed by atoms with Crippen molar-refractivity contribution in [3.05, 3.63) is 24.5 Å². The molecule has 15 heavy (non-hydrogen) atoms. The van der Waals surface area contributed by atoms with Gasteiger partial charge in [0.05, 0.1) is 0 Å². The van der Waals surface area contributed by atoms with Crippen molar-refractivity contribution in [2.45, 2.75) is 33.2 Å². The van der Waals surface area contributed by atoms with Crippen molar-refractivity contribution >= 4 is 5.97 Å². The van der Waals surface area contributed by atoms with E-state index in [1.165, 1.54) is 0 Å². The molecule has 1 heterocycles. The normalized spacial score (nSPS) is 13.0. The largest absolute Gasteiger partial charge is 0.481 e. The number of carbonyl (C=O) groups is 1. The number of aromatic nitrogens is 1. The molecule has 0 aromatic carbocycles. The number of carboxylic acids is 1. The molecule has 0 aliphatic carbocycles. The van der Waals surface area contributed by atoms with Gasteiger partial charge in [0.1, 0.15) is 0 Å². The van der Waals surface area contributed by atoms with Crippen molar-refractivity contribution in [2.24, 2.45) is 11.8 Å². The van der Waals surface area contributed by atoms with Gasteiger partial charge >= 0.3 is 5.97 Å². The molecule has 3 nitrogen and oxygen atoms in total. The van der Waals surface area contributed by atoms with Crippen LogP contribution >= 0.6 is 0 Å². The summed E-state index contributed by atoms with van der Waals surface area (Å²) in [6, 6.07) is 3.93. The molecule has 0 amide bonds. The second-order valence-corrected chi connectivity index (χ2v) is 4.47. The molecule has 1 unspecified atom stereocenters. The Balaban J connectivity index is 2.52. The molecule has 1 atom stereocenters. The fourth-order valence-electron chi connectivity index (χ4n) is 1.93. The highest BCUT2D eigenvalue weighted by Gasteiger charge is 2.15. The molecule has 0 bridgehead atoms. The standard InChI is InChI=1S/C12H19NO2/c1-10(2)7-11(8-12(14)15)9-13-5-3-4-6-13/h3-6,10-11H,7-9H2,1-2H3,(H,14,15). The van der Waals surface area contributed by atoms with Crippen LogP contribution in [0.15, 0.2) is 24.5 Å². The van der Waals surface area contributed by atoms with Gasteiger partial charge in [0.2, 0.25) is 0 Å². The molecular weight excluding hydrogens is 190 g/mol. The highest BCUT2D eigenvalue weighted by Crippen LogP contribution is 2.17. The second kappa shape index (κ2) is 5.59. The summed E-state index contributed by atoms with van der Waals surface area (Å²) in [5, 5.41) is 8.82. The average Bonchev–Trinajstić information content (AvgIpc) is 2.53. The van der Waals surface area contributed by atoms with Gasteiger partial charge in [0, 0.05) is 25.4 Å². The van der Waals surface area contributed by atoms with Gasteiger partial charge in [0.25, 0.3) is 0 Å². The number of rotatable bonds is 6. The van der Waals surface area contributed by atoms with Crippen LogP contribution in [0.3, 0.4) is 0 Å². The topological polar surface area (TPSA) is 42.2 Å². The lowest BCUT2D eigenvalue weighted by Crippen LogP contribution is -2.16. The first-order valence-electron chi connectivity index (χ1n) is 5.40. The molecule has 0 aliphatic rings. The van der Waals surface area contributed by atoms with E-state index in [2.05, 4.69) is 18.4 Å². The predicted molar refractivity (Wildman–Crippen MR) is 59.6 cm³/mol. The minimum absolute atomic E-state index is 0.231. The number of nitrogens with zero attached hydrogens (tertiary/aromatic N) is 1. The lowest BCUT2D eigenvalue weighted by Gasteiger charge is -2.17. The minimum Gasteiger partial charge on any atom is -0.481 e. The molecule has 0 aliphatic heterocycles. The van der Waals surface area contributed by atoms with Crippen LogP contribution in [0, 0.1) is 11.8 Å². The molecule has 84 valence electrons. The summed E-state index contributed by atoms with van der Waals surface area (Å²) in [4.78, 5) is 10.7. The van der Waals surface area contributed by atoms with Crippen LogP contribution in [-0.2, 0) is 11.3 Å². The molecule has 1 aromatic rings. The third kappa shape index (κ3) is 4.68. The van der Waals surface area contributed by atoms with Crippen molar-refractivity contribution in [1.82, 2.24) is 4.57 Å². The van der Waals surface area contributed by atoms with E-state index in [0.29, 0.717) is 5.92 Å². The first kappa shape index (κ1) is 11.8. The third-order valence-electron chi connectivity index (χ3n) is 2.40. The fourth-order valence-corrected chi connectivity index (χ4v) is 1.93. The molecule has 1 aromatic heterocycles. The van der Waals surface area contributed by atoms with Crippen LogP contribution in [-0.4, -0.2) is 15.6 Å². The second-order valence-electron chi connectivity index (χ2n) is 4.47. The quantitative estimate of drug-likeness (QED) is 0.782. The Morgan fingerprint density at radius 1 is 1.33 bits per heavy atom. The van der Waals surface area contributed by atoms with Crippen LogP contribution in [0.1, 0.15) is 26.7 Å². The van der Waals surface area contributed by atoms with Crippen molar-refractivity contribution in [3.8, 4) is 0 Å². The Morgan fingerprint density at radius 3 is 2.40 bits per heavy atom. The summed E-state index contributed by atoms with van der Waals surface area (Å²) in [5.41, 5.74) is 0. The minimum atomic E-state index is -0.701. The molecule has 0 spiro atoms. The molecule has 0 saturated heterocycles. The third-order valence-corrected chi connectivity index (χ3v) is 2.40. The highest BCUT2D eigenvalue weighted by molar-refractivity contribution is 5.66. The zero-order chi connectivity index (χ0) is 11.3. The van der Waals surface area contributed by atoms with E-state index in [1.54, 1.807) is 0 Å². The van der Waals surface area contributed by atoms with Gasteiger partial charge in [-0.05, 0) is 30.4 Å². The van der Waals surface area contributed by atoms with Crippen molar-refractivity contribution in [2.75, 3.05) is 0 Å². The summed E-state index contributed by atoms with van der Waals surface area (Å²) in [6.45, 7) is 5.06. The fraction of sp³-hybridized carbons (Fsp3) is 0.583. The Morgan fingerprint density at radius 2 is 1.93 bits per heavy atom. The molecule has 1 N–H and O–H groups in total. The van der Waals surface area contributed by atoms with Crippen LogP contribution < -0.4 is 0 Å². The zero-order valence-corrected chi connectivity index (χ0v) is 9.39. The lowest BCUT2D eigenvalue weighted by molar-refractivity contribution is -0.138. The number of hydrogen-bond donors (Lipinski definition) is 1. The van der Waals surface area contributed by atoms with Crippen molar-refractivity contribution < 1.29 is 9.90 Å². The molecule has 0 radical (unpaired) electrons. The smallest absolute Gasteiger partial charge is 0.303 e. The Kier molecular flexibility index (Phi) is 4.40. The molecule has 3 heteroatoms. The highest BCUT2D eigenvalue weighted by atomic mass is 16.4. The average molecular weight is 209 g/mol. The molecule has 1 rings (SSSR count). The van der Waals surface area contributed by atoms with Crippen LogP contribution in [0.25, 0.3) is 0 Å². The van der Waals surface area contributed by atoms with Crippen LogP contribution in [0.5, 0.6) is 0 Å². The van der Waals surface area contributed by atoms with Gasteiger partial charge < -0.3 is 9.67 Å². The molecule has 0 saturated carbocycles. The SMILES string of the molecule is CC(C)CC(CC(=O)O)Cn1cccc1. The lowest BCUT2D eigenvalue weighted by atomic mass is 9.94. The van der Waals surface area contributed by atoms with E-state index in [-0.39, 0.29) is 12.3 Å². The van der Waals surface area contributed by atoms with Crippen LogP contribution in [0.2, 0.25) is 0 Å². The van der Waals surface area contributed by atoms with Crippen LogP contribution in [0.4, 0.5) is 0 Å². The predicted octanol–water partition coefficient (Wildman–Crippen LogP) is 2.63. The van der Waals surface area contributed by atoms with E-state index >= 15 is 0 Å². The molecule has 0 fully saturated rings. The number of aliphatic carboxylic acids is 1. The van der Waals surface area contributed by atoms with Crippen molar-refractivity contribution in [3.63, 3.8) is 0 Å². The Bertz CT molecular complexity index is 291. The maximum absolute atomic E-state index is 10.7. The number of carboxylic acid groups (broad SMARTS) is 1. The molecular formula is C12H19NO2. The Hall–Kier alpha value is -1.25. The summed E-state index contributed by atoms with van der Waals surface area (Å²) >= 11 is 0. The summed E-state index contributed by atoms with van der Waals surface area (Å²) in [7, 11) is 0. The van der Waals surface area contributed by atoms with Gasteiger partial charge in [-0.25, -0.2) is 0 Å². The summed E-state index contributed by atoms with van der Waals surface area (Å²) in [6.07, 6.45) is 5.19. The maximum Gasteiger partial charge on any atom is 0.303 e. The van der Waals surface area contributed by atoms with E-state index in [4.69, 9.17) is 5.11 Å². The van der Waals surface area contributed by atoms with E-state index in [0.717, 1.165) is 13.0 Å². The monoisotopic (exact) mass is 209 g/mol. The maximum atomic E-state index is 10.7. The van der Waals surface area contributed by atoms with Crippen molar-refractivity contribution in [1.29, 1.82) is 0 Å². The van der Waals surface area contributed by atoms with E-state index in [1.807, 2.05) is 24.5 Å². The van der Waals surface area contributed by atoms with Gasteiger partial charge in [-0.3, -0.25) is 4.79 Å². The summed E-state index contributed by atoms with van der Waals surface area (Å²) in [5.74, 6) is 0.0765. The van der Waals surface area contributed by atoms with Gasteiger partial charge in [-0.15, -0.1) is 0 Å². The van der Waals surface area contributed by atoms with E-state index in [9.17, 15) is 4.79 Å². The first-order chi connectivity index (χ1) is 7.08. The summed E-state index contributed by atoms with van der Waals surface area (Å²) < 4.78 is 2.05. The zero-order valence-electron chi connectivity index (χ0n) is 9.39. The van der Waals surface area contributed by atoms with Gasteiger partial charge in [-0.1, -0.05) is 13.8 Å². The van der Waals surface area contributed by atoms with Gasteiger partial charge in [0.15, 0.2) is 0 Å².